The van der Waals surface area contributed by atoms with Gasteiger partial charge in [-0.25, -0.2) is 9.97 Å². The second-order valence-corrected chi connectivity index (χ2v) is 8.85. The topological polar surface area (TPSA) is 107 Å². The Labute approximate surface area is 208 Å². The first-order valence-electron chi connectivity index (χ1n) is 11.2. The van der Waals surface area contributed by atoms with E-state index in [4.69, 9.17) is 25.8 Å². The minimum absolute atomic E-state index is 0.131. The van der Waals surface area contributed by atoms with Gasteiger partial charge in [0.05, 0.1) is 61.9 Å². The third-order valence-electron chi connectivity index (χ3n) is 5.88. The summed E-state index contributed by atoms with van der Waals surface area (Å²) in [7, 11) is 3.19. The Hall–Kier alpha value is -3.43. The Morgan fingerprint density at radius 3 is 2.60 bits per heavy atom. The highest BCUT2D eigenvalue weighted by Gasteiger charge is 2.30. The summed E-state index contributed by atoms with van der Waals surface area (Å²) in [5, 5.41) is 7.37. The molecule has 1 amide bonds. The summed E-state index contributed by atoms with van der Waals surface area (Å²) in [6, 6.07) is 3.32. The molecule has 1 aliphatic rings. The van der Waals surface area contributed by atoms with Crippen LogP contribution in [0.15, 0.2) is 37.2 Å². The lowest BCUT2D eigenvalue weighted by Gasteiger charge is -2.21. The van der Waals surface area contributed by atoms with Gasteiger partial charge < -0.3 is 24.8 Å². The number of ether oxygens (including phenoxy) is 3. The average Bonchev–Trinajstić information content (AvgIpc) is 3.29. The number of amides is 1. The fraction of sp³-hybridized carbons (Fsp3) is 0.360. The minimum atomic E-state index is -0.253. The standard InChI is InChI=1S/C25H28ClN5O4/c1-6-21(32)29-17-11-35-12-18(17)31-25-28-9-14-7-15(27-10-16(14)30-25)23-22(13(2)3)19(33-4)8-20(34-5)24(23)26/h6-10,13,17-18H,1,11-12H2,2-5H3,(H,29,32)(H,28,30,31)/t17-,18+/m0/s1. The van der Waals surface area contributed by atoms with Gasteiger partial charge in [-0.15, -0.1) is 0 Å². The van der Waals surface area contributed by atoms with Crippen LogP contribution < -0.4 is 20.1 Å². The highest BCUT2D eigenvalue weighted by atomic mass is 35.5. The molecule has 1 fully saturated rings. The molecule has 2 atom stereocenters. The van der Waals surface area contributed by atoms with Crippen molar-refractivity contribution in [2.75, 3.05) is 32.8 Å². The molecule has 0 saturated carbocycles. The Balaban J connectivity index is 1.68. The predicted octanol–water partition coefficient (Wildman–Crippen LogP) is 3.97. The van der Waals surface area contributed by atoms with Crippen molar-refractivity contribution in [1.29, 1.82) is 0 Å². The third-order valence-corrected chi connectivity index (χ3v) is 6.26. The molecule has 0 radical (unpaired) electrons. The highest BCUT2D eigenvalue weighted by molar-refractivity contribution is 6.35. The summed E-state index contributed by atoms with van der Waals surface area (Å²) in [5.41, 5.74) is 3.03. The number of benzene rings is 1. The van der Waals surface area contributed by atoms with Gasteiger partial charge in [-0.2, -0.15) is 0 Å². The Morgan fingerprint density at radius 1 is 1.17 bits per heavy atom. The second-order valence-electron chi connectivity index (χ2n) is 8.47. The van der Waals surface area contributed by atoms with E-state index >= 15 is 0 Å². The number of halogens is 1. The maximum atomic E-state index is 11.7. The van der Waals surface area contributed by atoms with Crippen LogP contribution in [0.4, 0.5) is 5.95 Å². The molecule has 1 saturated heterocycles. The third kappa shape index (κ3) is 5.01. The van der Waals surface area contributed by atoms with Gasteiger partial charge in [0.15, 0.2) is 0 Å². The smallest absolute Gasteiger partial charge is 0.243 e. The van der Waals surface area contributed by atoms with Crippen molar-refractivity contribution in [3.05, 3.63) is 47.8 Å². The zero-order valence-corrected chi connectivity index (χ0v) is 20.8. The number of anilines is 1. The Bertz CT molecular complexity index is 1270. The summed E-state index contributed by atoms with van der Waals surface area (Å²) >= 11 is 6.74. The quantitative estimate of drug-likeness (QED) is 0.450. The molecule has 184 valence electrons. The van der Waals surface area contributed by atoms with E-state index in [-0.39, 0.29) is 23.9 Å². The number of carbonyl (C=O) groups is 1. The predicted molar refractivity (Wildman–Crippen MR) is 135 cm³/mol. The lowest BCUT2D eigenvalue weighted by Crippen LogP contribution is -2.45. The van der Waals surface area contributed by atoms with Crippen LogP contribution in [-0.4, -0.2) is 60.4 Å². The number of nitrogens with one attached hydrogen (secondary N) is 2. The lowest BCUT2D eigenvalue weighted by atomic mass is 9.93. The molecule has 2 N–H and O–H groups in total. The number of aromatic nitrogens is 3. The second kappa shape index (κ2) is 10.5. The first-order chi connectivity index (χ1) is 16.9. The summed E-state index contributed by atoms with van der Waals surface area (Å²) in [6.07, 6.45) is 4.65. The van der Waals surface area contributed by atoms with Gasteiger partial charge in [-0.3, -0.25) is 9.78 Å². The summed E-state index contributed by atoms with van der Waals surface area (Å²) < 4.78 is 16.6. The number of hydrogen-bond acceptors (Lipinski definition) is 8. The van der Waals surface area contributed by atoms with Crippen LogP contribution in [0.5, 0.6) is 11.5 Å². The number of pyridine rings is 1. The normalized spacial score (nSPS) is 17.4. The number of fused-ring (bicyclic) bond motifs is 1. The fourth-order valence-corrected chi connectivity index (χ4v) is 4.48. The van der Waals surface area contributed by atoms with Crippen molar-refractivity contribution in [3.63, 3.8) is 0 Å². The molecular formula is C25H28ClN5O4. The van der Waals surface area contributed by atoms with Crippen LogP contribution in [0, 0.1) is 0 Å². The molecule has 0 spiro atoms. The van der Waals surface area contributed by atoms with Gasteiger partial charge in [0, 0.05) is 28.8 Å². The van der Waals surface area contributed by atoms with Crippen LogP contribution in [0.3, 0.4) is 0 Å². The molecule has 4 rings (SSSR count). The van der Waals surface area contributed by atoms with E-state index in [1.54, 1.807) is 32.7 Å². The Morgan fingerprint density at radius 2 is 1.91 bits per heavy atom. The van der Waals surface area contributed by atoms with E-state index in [0.717, 1.165) is 16.5 Å². The number of hydrogen-bond donors (Lipinski definition) is 2. The van der Waals surface area contributed by atoms with E-state index in [1.165, 1.54) is 6.08 Å². The zero-order chi connectivity index (χ0) is 25.1. The molecule has 0 aliphatic carbocycles. The van der Waals surface area contributed by atoms with Crippen LogP contribution >= 0.6 is 11.6 Å². The first-order valence-corrected chi connectivity index (χ1v) is 11.6. The number of rotatable bonds is 8. The fourth-order valence-electron chi connectivity index (χ4n) is 4.15. The number of methoxy groups -OCH3 is 2. The van der Waals surface area contributed by atoms with Gasteiger partial charge in [-0.1, -0.05) is 32.0 Å². The van der Waals surface area contributed by atoms with Gasteiger partial charge in [0.2, 0.25) is 11.9 Å². The van der Waals surface area contributed by atoms with Gasteiger partial charge >= 0.3 is 0 Å². The molecular weight excluding hydrogens is 470 g/mol. The summed E-state index contributed by atoms with van der Waals surface area (Å²) in [6.45, 7) is 8.46. The highest BCUT2D eigenvalue weighted by Crippen LogP contribution is 2.45. The van der Waals surface area contributed by atoms with E-state index in [1.807, 2.05) is 6.07 Å². The van der Waals surface area contributed by atoms with Crippen molar-refractivity contribution in [3.8, 4) is 22.8 Å². The Kier molecular flexibility index (Phi) is 7.37. The number of carbonyl (C=O) groups excluding carboxylic acids is 1. The maximum Gasteiger partial charge on any atom is 0.243 e. The van der Waals surface area contributed by atoms with Crippen LogP contribution in [0.2, 0.25) is 5.02 Å². The van der Waals surface area contributed by atoms with E-state index in [2.05, 4.69) is 46.0 Å². The van der Waals surface area contributed by atoms with Gasteiger partial charge in [0.25, 0.3) is 0 Å². The lowest BCUT2D eigenvalue weighted by molar-refractivity contribution is -0.117. The molecule has 1 aromatic carbocycles. The van der Waals surface area contributed by atoms with Crippen molar-refractivity contribution in [2.45, 2.75) is 31.8 Å². The molecule has 0 bridgehead atoms. The van der Waals surface area contributed by atoms with Crippen LogP contribution in [-0.2, 0) is 9.53 Å². The van der Waals surface area contributed by atoms with E-state index in [0.29, 0.717) is 46.9 Å². The van der Waals surface area contributed by atoms with E-state index < -0.39 is 0 Å². The van der Waals surface area contributed by atoms with Crippen molar-refractivity contribution < 1.29 is 19.0 Å². The van der Waals surface area contributed by atoms with Crippen molar-refractivity contribution in [2.24, 2.45) is 0 Å². The van der Waals surface area contributed by atoms with E-state index in [9.17, 15) is 4.79 Å². The number of nitrogens with zero attached hydrogens (tertiary/aromatic N) is 3. The zero-order valence-electron chi connectivity index (χ0n) is 20.1. The molecule has 3 aromatic rings. The largest absolute Gasteiger partial charge is 0.496 e. The molecule has 35 heavy (non-hydrogen) atoms. The summed E-state index contributed by atoms with van der Waals surface area (Å²) in [4.78, 5) is 25.4. The molecule has 9 nitrogen and oxygen atoms in total. The van der Waals surface area contributed by atoms with Crippen molar-refractivity contribution in [1.82, 2.24) is 20.3 Å². The van der Waals surface area contributed by atoms with Gasteiger partial charge in [-0.05, 0) is 18.1 Å². The molecule has 2 aromatic heterocycles. The SMILES string of the molecule is C=CC(=O)N[C@H]1COC[C@H]1Nc1ncc2cc(-c3c(Cl)c(OC)cc(OC)c3C(C)C)ncc2n1. The maximum absolute atomic E-state index is 11.7. The minimum Gasteiger partial charge on any atom is -0.496 e. The van der Waals surface area contributed by atoms with Gasteiger partial charge in [0.1, 0.15) is 11.5 Å². The monoisotopic (exact) mass is 497 g/mol. The van der Waals surface area contributed by atoms with Crippen LogP contribution in [0.1, 0.15) is 25.3 Å². The van der Waals surface area contributed by atoms with Crippen molar-refractivity contribution >= 4 is 34.4 Å². The molecule has 1 aliphatic heterocycles. The van der Waals surface area contributed by atoms with Crippen LogP contribution in [0.25, 0.3) is 22.2 Å². The molecule has 3 heterocycles. The summed E-state index contributed by atoms with van der Waals surface area (Å²) in [5.74, 6) is 1.50. The molecule has 10 heteroatoms. The molecule has 0 unspecified atom stereocenters. The first kappa shape index (κ1) is 24.7. The average molecular weight is 498 g/mol.